The monoisotopic (exact) mass is 432 g/mol. The van der Waals surface area contributed by atoms with Crippen LogP contribution < -0.4 is 5.73 Å². The first kappa shape index (κ1) is 21.4. The second-order valence-corrected chi connectivity index (χ2v) is 8.28. The summed E-state index contributed by atoms with van der Waals surface area (Å²) >= 11 is 0. The molecule has 4 rings (SSSR count). The lowest BCUT2D eigenvalue weighted by atomic mass is 10.0. The molecule has 2 aromatic rings. The normalized spacial score (nSPS) is 22.0. The van der Waals surface area contributed by atoms with E-state index < -0.39 is 24.9 Å². The lowest BCUT2D eigenvalue weighted by Crippen LogP contribution is -2.51. The molecule has 2 amide bonds. The highest BCUT2D eigenvalue weighted by molar-refractivity contribution is 5.79. The molecule has 2 aliphatic heterocycles. The number of hydrogen-bond acceptors (Lipinski definition) is 5. The fourth-order valence-electron chi connectivity index (χ4n) is 4.25. The molecule has 0 radical (unpaired) electrons. The Morgan fingerprint density at radius 2 is 2.10 bits per heavy atom. The molecule has 166 valence electrons. The number of halogens is 2. The SMILES string of the molecule is N[C@H](CC(=O)N1CCC[C@H]1c1nc(-c2ccccc2)co1)CN1CC(F)(F)CCC1=O. The van der Waals surface area contributed by atoms with E-state index in [1.807, 2.05) is 30.3 Å². The summed E-state index contributed by atoms with van der Waals surface area (Å²) in [6, 6.07) is 8.63. The minimum Gasteiger partial charge on any atom is -0.446 e. The molecule has 0 spiro atoms. The van der Waals surface area contributed by atoms with Crippen molar-refractivity contribution in [2.24, 2.45) is 5.73 Å². The summed E-state index contributed by atoms with van der Waals surface area (Å²) in [5.41, 5.74) is 7.70. The highest BCUT2D eigenvalue weighted by Crippen LogP contribution is 2.33. The van der Waals surface area contributed by atoms with Gasteiger partial charge < -0.3 is 20.0 Å². The molecular formula is C22H26F2N4O3. The maximum absolute atomic E-state index is 13.6. The molecule has 31 heavy (non-hydrogen) atoms. The van der Waals surface area contributed by atoms with Crippen LogP contribution >= 0.6 is 0 Å². The molecule has 0 unspecified atom stereocenters. The van der Waals surface area contributed by atoms with Gasteiger partial charge in [0.2, 0.25) is 17.7 Å². The van der Waals surface area contributed by atoms with Crippen molar-refractivity contribution < 1.29 is 22.8 Å². The standard InChI is InChI=1S/C22H26F2N4O3/c23-22(24)9-8-19(29)27(14-22)12-16(25)11-20(30)28-10-4-7-18(28)21-26-17(13-31-21)15-5-2-1-3-6-15/h1-3,5-6,13,16,18H,4,7-12,14,25H2/t16-,18+/m1/s1. The van der Waals surface area contributed by atoms with E-state index in [9.17, 15) is 18.4 Å². The van der Waals surface area contributed by atoms with E-state index in [1.54, 1.807) is 11.2 Å². The Balaban J connectivity index is 1.38. The third kappa shape index (κ3) is 4.92. The Bertz CT molecular complexity index is 934. The van der Waals surface area contributed by atoms with Gasteiger partial charge in [0.15, 0.2) is 0 Å². The Labute approximate surface area is 179 Å². The minimum absolute atomic E-state index is 0.0297. The van der Waals surface area contributed by atoms with Gasteiger partial charge in [-0.05, 0) is 12.8 Å². The van der Waals surface area contributed by atoms with Gasteiger partial charge in [-0.1, -0.05) is 30.3 Å². The van der Waals surface area contributed by atoms with Crippen molar-refractivity contribution in [2.45, 2.75) is 50.1 Å². The first-order valence-corrected chi connectivity index (χ1v) is 10.5. The number of nitrogens with two attached hydrogens (primary N) is 1. The van der Waals surface area contributed by atoms with Crippen molar-refractivity contribution in [1.29, 1.82) is 0 Å². The van der Waals surface area contributed by atoms with Crippen LogP contribution in [0, 0.1) is 0 Å². The molecule has 0 bridgehead atoms. The molecule has 7 nitrogen and oxygen atoms in total. The van der Waals surface area contributed by atoms with E-state index in [0.717, 1.165) is 23.3 Å². The number of amides is 2. The number of alkyl halides is 2. The number of likely N-dealkylation sites (tertiary alicyclic amines) is 2. The molecule has 3 heterocycles. The molecule has 2 atom stereocenters. The van der Waals surface area contributed by atoms with Crippen molar-refractivity contribution in [3.05, 3.63) is 42.5 Å². The number of oxazole rings is 1. The zero-order chi connectivity index (χ0) is 22.0. The van der Waals surface area contributed by atoms with E-state index in [0.29, 0.717) is 18.1 Å². The van der Waals surface area contributed by atoms with E-state index in [1.165, 1.54) is 0 Å². The van der Waals surface area contributed by atoms with Crippen LogP contribution in [0.15, 0.2) is 41.0 Å². The van der Waals surface area contributed by atoms with Crippen LogP contribution in [0.4, 0.5) is 8.78 Å². The lowest BCUT2D eigenvalue weighted by molar-refractivity contribution is -0.148. The van der Waals surface area contributed by atoms with Crippen molar-refractivity contribution >= 4 is 11.8 Å². The molecule has 1 aromatic carbocycles. The van der Waals surface area contributed by atoms with Gasteiger partial charge in [-0.2, -0.15) is 0 Å². The predicted molar refractivity (Wildman–Crippen MR) is 109 cm³/mol. The molecule has 1 aromatic heterocycles. The number of carbonyl (C=O) groups excluding carboxylic acids is 2. The summed E-state index contributed by atoms with van der Waals surface area (Å²) < 4.78 is 32.9. The van der Waals surface area contributed by atoms with E-state index in [2.05, 4.69) is 4.98 Å². The van der Waals surface area contributed by atoms with Crippen molar-refractivity contribution in [1.82, 2.24) is 14.8 Å². The number of nitrogens with zero attached hydrogens (tertiary/aromatic N) is 3. The molecule has 2 N–H and O–H groups in total. The summed E-state index contributed by atoms with van der Waals surface area (Å²) in [6.07, 6.45) is 2.46. The summed E-state index contributed by atoms with van der Waals surface area (Å²) in [6.45, 7) is -0.144. The first-order chi connectivity index (χ1) is 14.8. The third-order valence-corrected chi connectivity index (χ3v) is 5.82. The topological polar surface area (TPSA) is 92.7 Å². The lowest BCUT2D eigenvalue weighted by Gasteiger charge is -2.34. The number of hydrogen-bond donors (Lipinski definition) is 1. The van der Waals surface area contributed by atoms with Crippen LogP contribution in [0.2, 0.25) is 0 Å². The van der Waals surface area contributed by atoms with Crippen LogP contribution in [0.3, 0.4) is 0 Å². The highest BCUT2D eigenvalue weighted by Gasteiger charge is 2.40. The van der Waals surface area contributed by atoms with Gasteiger partial charge in [-0.3, -0.25) is 9.59 Å². The van der Waals surface area contributed by atoms with Gasteiger partial charge in [-0.25, -0.2) is 13.8 Å². The molecule has 0 saturated carbocycles. The largest absolute Gasteiger partial charge is 0.446 e. The number of piperidine rings is 1. The van der Waals surface area contributed by atoms with Gasteiger partial charge >= 0.3 is 0 Å². The summed E-state index contributed by atoms with van der Waals surface area (Å²) in [5, 5.41) is 0. The van der Waals surface area contributed by atoms with E-state index >= 15 is 0 Å². The zero-order valence-corrected chi connectivity index (χ0v) is 17.2. The van der Waals surface area contributed by atoms with E-state index in [4.69, 9.17) is 10.2 Å². The smallest absolute Gasteiger partial charge is 0.265 e. The van der Waals surface area contributed by atoms with E-state index in [-0.39, 0.29) is 37.2 Å². The highest BCUT2D eigenvalue weighted by atomic mass is 19.3. The van der Waals surface area contributed by atoms with Crippen LogP contribution in [0.1, 0.15) is 44.0 Å². The van der Waals surface area contributed by atoms with Crippen LogP contribution in [-0.2, 0) is 9.59 Å². The molecule has 2 saturated heterocycles. The Kier molecular flexibility index (Phi) is 6.04. The second-order valence-electron chi connectivity index (χ2n) is 8.28. The number of aromatic nitrogens is 1. The maximum atomic E-state index is 13.6. The Hall–Kier alpha value is -2.81. The predicted octanol–water partition coefficient (Wildman–Crippen LogP) is 2.98. The quantitative estimate of drug-likeness (QED) is 0.758. The molecule has 0 aliphatic carbocycles. The third-order valence-electron chi connectivity index (χ3n) is 5.82. The van der Waals surface area contributed by atoms with Crippen LogP contribution in [0.5, 0.6) is 0 Å². The fourth-order valence-corrected chi connectivity index (χ4v) is 4.25. The van der Waals surface area contributed by atoms with Crippen molar-refractivity contribution in [3.63, 3.8) is 0 Å². The Morgan fingerprint density at radius 3 is 2.87 bits per heavy atom. The number of rotatable bonds is 6. The molecule has 2 aliphatic rings. The second kappa shape index (κ2) is 8.74. The van der Waals surface area contributed by atoms with Crippen LogP contribution in [-0.4, -0.2) is 58.2 Å². The van der Waals surface area contributed by atoms with Crippen LogP contribution in [0.25, 0.3) is 11.3 Å². The molecular weight excluding hydrogens is 406 g/mol. The average Bonchev–Trinajstić information content (AvgIpc) is 3.40. The fraction of sp³-hybridized carbons (Fsp3) is 0.500. The average molecular weight is 432 g/mol. The Morgan fingerprint density at radius 1 is 1.32 bits per heavy atom. The molecule has 2 fully saturated rings. The number of carbonyl (C=O) groups is 2. The van der Waals surface area contributed by atoms with Gasteiger partial charge in [0.1, 0.15) is 18.0 Å². The van der Waals surface area contributed by atoms with Crippen molar-refractivity contribution in [3.8, 4) is 11.3 Å². The van der Waals surface area contributed by atoms with Gasteiger partial charge in [0.25, 0.3) is 5.92 Å². The van der Waals surface area contributed by atoms with Gasteiger partial charge in [0, 0.05) is 44.0 Å². The first-order valence-electron chi connectivity index (χ1n) is 10.5. The summed E-state index contributed by atoms with van der Waals surface area (Å²) in [4.78, 5) is 32.2. The van der Waals surface area contributed by atoms with Crippen molar-refractivity contribution in [2.75, 3.05) is 19.6 Å². The maximum Gasteiger partial charge on any atom is 0.265 e. The van der Waals surface area contributed by atoms with Gasteiger partial charge in [-0.15, -0.1) is 0 Å². The van der Waals surface area contributed by atoms with Gasteiger partial charge in [0.05, 0.1) is 6.54 Å². The minimum atomic E-state index is -2.90. The number of benzene rings is 1. The molecule has 9 heteroatoms. The zero-order valence-electron chi connectivity index (χ0n) is 17.2. The summed E-state index contributed by atoms with van der Waals surface area (Å²) in [7, 11) is 0. The summed E-state index contributed by atoms with van der Waals surface area (Å²) in [5.74, 6) is -2.96.